The number of nitrogens with one attached hydrogen (secondary N) is 1. The number of carbonyl (C=O) groups excluding carboxylic acids is 1. The molecular weight excluding hydrogens is 338 g/mol. The van der Waals surface area contributed by atoms with Gasteiger partial charge in [-0.15, -0.1) is 0 Å². The van der Waals surface area contributed by atoms with E-state index in [1.54, 1.807) is 31.5 Å². The number of ketones is 1. The summed E-state index contributed by atoms with van der Waals surface area (Å²) in [5, 5.41) is 0.830. The van der Waals surface area contributed by atoms with Gasteiger partial charge in [0.05, 0.1) is 17.0 Å². The van der Waals surface area contributed by atoms with Crippen LogP contribution in [0.15, 0.2) is 42.7 Å². The maximum absolute atomic E-state index is 12.0. The average molecular weight is 353 g/mol. The first-order chi connectivity index (χ1) is 12.0. The molecule has 2 aromatic heterocycles. The summed E-state index contributed by atoms with van der Waals surface area (Å²) in [5.74, 6) is -0.0598. The lowest BCUT2D eigenvalue weighted by Gasteiger charge is -2.08. The maximum Gasteiger partial charge on any atom is 0.237 e. The van der Waals surface area contributed by atoms with Crippen molar-refractivity contribution in [3.05, 3.63) is 54.0 Å². The molecule has 0 saturated heterocycles. The summed E-state index contributed by atoms with van der Waals surface area (Å²) in [6, 6.07) is 8.95. The highest BCUT2D eigenvalue weighted by atomic mass is 32.2. The van der Waals surface area contributed by atoms with E-state index < -0.39 is 10.0 Å². The smallest absolute Gasteiger partial charge is 0.237 e. The quantitative estimate of drug-likeness (QED) is 0.731. The van der Waals surface area contributed by atoms with E-state index in [-0.39, 0.29) is 11.5 Å². The molecule has 3 aromatic rings. The molecule has 0 saturated carbocycles. The summed E-state index contributed by atoms with van der Waals surface area (Å²) in [6.45, 7) is 1.80. The number of carbonyl (C=O) groups is 1. The van der Waals surface area contributed by atoms with Gasteiger partial charge < -0.3 is 0 Å². The third-order valence-corrected chi connectivity index (χ3v) is 5.45. The zero-order valence-electron chi connectivity index (χ0n) is 13.5. The molecule has 7 heteroatoms. The van der Waals surface area contributed by atoms with Crippen LogP contribution in [0.3, 0.4) is 0 Å². The molecule has 0 unspecified atom stereocenters. The van der Waals surface area contributed by atoms with Crippen molar-refractivity contribution in [3.8, 4) is 11.1 Å². The Bertz CT molecular complexity index is 1120. The Balaban J connectivity index is 1.89. The van der Waals surface area contributed by atoms with E-state index in [0.717, 1.165) is 22.1 Å². The number of anilines is 1. The molecule has 4 rings (SSSR count). The number of hydrogen-bond acceptors (Lipinski definition) is 5. The third-order valence-electron chi connectivity index (χ3n) is 4.23. The van der Waals surface area contributed by atoms with Crippen molar-refractivity contribution >= 4 is 32.4 Å². The largest absolute Gasteiger partial charge is 0.292 e. The van der Waals surface area contributed by atoms with E-state index in [2.05, 4.69) is 14.7 Å². The van der Waals surface area contributed by atoms with Gasteiger partial charge in [0.1, 0.15) is 5.69 Å². The van der Waals surface area contributed by atoms with Gasteiger partial charge in [-0.3, -0.25) is 14.5 Å². The van der Waals surface area contributed by atoms with Gasteiger partial charge in [0.2, 0.25) is 10.0 Å². The number of pyridine rings is 2. The predicted octanol–water partition coefficient (Wildman–Crippen LogP) is 3.14. The fraction of sp³-hybridized carbons (Fsp3) is 0.167. The molecule has 0 amide bonds. The molecule has 0 atom stereocenters. The molecule has 1 N–H and O–H groups in total. The highest BCUT2D eigenvalue weighted by Gasteiger charge is 2.24. The zero-order valence-corrected chi connectivity index (χ0v) is 14.3. The van der Waals surface area contributed by atoms with Gasteiger partial charge in [0.15, 0.2) is 5.78 Å². The zero-order chi connectivity index (χ0) is 17.6. The minimum absolute atomic E-state index is 0.0195. The molecule has 0 aliphatic carbocycles. The molecule has 6 nitrogen and oxygen atoms in total. The number of nitrogens with zero attached hydrogens (tertiary/aromatic N) is 2. The van der Waals surface area contributed by atoms with E-state index in [1.807, 2.05) is 18.2 Å². The first-order valence-electron chi connectivity index (χ1n) is 7.88. The van der Waals surface area contributed by atoms with E-state index >= 15 is 0 Å². The van der Waals surface area contributed by atoms with Gasteiger partial charge in [-0.1, -0.05) is 13.0 Å². The molecule has 0 spiro atoms. The summed E-state index contributed by atoms with van der Waals surface area (Å²) in [4.78, 5) is 20.7. The Labute approximate surface area is 145 Å². The minimum Gasteiger partial charge on any atom is -0.292 e. The molecule has 25 heavy (non-hydrogen) atoms. The number of Topliss-reactive ketones (excluding diaryl/α,β-unsaturated/α-hetero) is 1. The number of benzene rings is 1. The van der Waals surface area contributed by atoms with Crippen LogP contribution in [0, 0.1) is 0 Å². The Morgan fingerprint density at radius 3 is 2.84 bits per heavy atom. The van der Waals surface area contributed by atoms with Gasteiger partial charge in [0, 0.05) is 29.8 Å². The van der Waals surface area contributed by atoms with Crippen molar-refractivity contribution in [2.75, 3.05) is 4.72 Å². The van der Waals surface area contributed by atoms with E-state index in [1.165, 1.54) is 0 Å². The van der Waals surface area contributed by atoms with Crippen molar-refractivity contribution in [1.29, 1.82) is 0 Å². The molecule has 0 bridgehead atoms. The van der Waals surface area contributed by atoms with E-state index in [9.17, 15) is 13.2 Å². The third kappa shape index (κ3) is 2.76. The SMILES string of the molecule is CCC(=O)c1ccc2cncc(-c3ccc4c(c3)CS(=O)(=O)N4)c2n1. The molecule has 0 radical (unpaired) electrons. The second kappa shape index (κ2) is 5.63. The van der Waals surface area contributed by atoms with Crippen LogP contribution in [0.4, 0.5) is 5.69 Å². The molecule has 1 aromatic carbocycles. The Hall–Kier alpha value is -2.80. The normalized spacial score (nSPS) is 14.9. The number of rotatable bonds is 3. The Morgan fingerprint density at radius 1 is 1.20 bits per heavy atom. The summed E-state index contributed by atoms with van der Waals surface area (Å²) >= 11 is 0. The Morgan fingerprint density at radius 2 is 2.04 bits per heavy atom. The first kappa shape index (κ1) is 15.7. The number of aromatic nitrogens is 2. The first-order valence-corrected chi connectivity index (χ1v) is 9.54. The van der Waals surface area contributed by atoms with Crippen LogP contribution in [0.2, 0.25) is 0 Å². The summed E-state index contributed by atoms with van der Waals surface area (Å²) in [5.41, 5.74) is 4.03. The maximum atomic E-state index is 12.0. The van der Waals surface area contributed by atoms with Crippen LogP contribution in [-0.4, -0.2) is 24.2 Å². The predicted molar refractivity (Wildman–Crippen MR) is 95.8 cm³/mol. The van der Waals surface area contributed by atoms with Gasteiger partial charge in [-0.25, -0.2) is 13.4 Å². The van der Waals surface area contributed by atoms with Gasteiger partial charge in [0.25, 0.3) is 0 Å². The molecule has 0 fully saturated rings. The average Bonchev–Trinajstić information content (AvgIpc) is 2.92. The second-order valence-electron chi connectivity index (χ2n) is 5.97. The Kier molecular flexibility index (Phi) is 3.54. The van der Waals surface area contributed by atoms with Crippen LogP contribution < -0.4 is 4.72 Å². The highest BCUT2D eigenvalue weighted by molar-refractivity contribution is 7.92. The van der Waals surface area contributed by atoms with Gasteiger partial charge in [-0.2, -0.15) is 0 Å². The summed E-state index contributed by atoms with van der Waals surface area (Å²) in [7, 11) is -3.29. The fourth-order valence-corrected chi connectivity index (χ4v) is 4.23. The van der Waals surface area contributed by atoms with E-state index in [0.29, 0.717) is 23.3 Å². The molecular formula is C18H15N3O3S. The minimum atomic E-state index is -3.29. The van der Waals surface area contributed by atoms with Crippen LogP contribution in [0.1, 0.15) is 29.4 Å². The van der Waals surface area contributed by atoms with Crippen molar-refractivity contribution in [2.45, 2.75) is 19.1 Å². The number of sulfonamides is 1. The molecule has 1 aliphatic rings. The summed E-state index contributed by atoms with van der Waals surface area (Å²) in [6.07, 6.45) is 3.78. The van der Waals surface area contributed by atoms with Gasteiger partial charge in [-0.05, 0) is 35.4 Å². The molecule has 126 valence electrons. The topological polar surface area (TPSA) is 89.0 Å². The van der Waals surface area contributed by atoms with E-state index in [4.69, 9.17) is 0 Å². The number of hydrogen-bond donors (Lipinski definition) is 1. The van der Waals surface area contributed by atoms with Gasteiger partial charge >= 0.3 is 0 Å². The van der Waals surface area contributed by atoms with Crippen molar-refractivity contribution < 1.29 is 13.2 Å². The lowest BCUT2D eigenvalue weighted by Crippen LogP contribution is -2.05. The summed E-state index contributed by atoms with van der Waals surface area (Å²) < 4.78 is 26.0. The van der Waals surface area contributed by atoms with Crippen LogP contribution in [0.5, 0.6) is 0 Å². The van der Waals surface area contributed by atoms with Crippen molar-refractivity contribution in [3.63, 3.8) is 0 Å². The lowest BCUT2D eigenvalue weighted by molar-refractivity contribution is 0.0983. The lowest BCUT2D eigenvalue weighted by atomic mass is 10.0. The van der Waals surface area contributed by atoms with Crippen LogP contribution in [0.25, 0.3) is 22.0 Å². The standard InChI is InChI=1S/C18H15N3O3S/c1-2-17(22)16-6-4-12-8-19-9-14(18(12)20-16)11-3-5-15-13(7-11)10-25(23,24)21-15/h3-9,21H,2,10H2,1H3. The monoisotopic (exact) mass is 353 g/mol. The van der Waals surface area contributed by atoms with Crippen LogP contribution in [-0.2, 0) is 15.8 Å². The second-order valence-corrected chi connectivity index (χ2v) is 7.69. The fourth-order valence-electron chi connectivity index (χ4n) is 2.98. The number of fused-ring (bicyclic) bond motifs is 2. The van der Waals surface area contributed by atoms with Crippen molar-refractivity contribution in [1.82, 2.24) is 9.97 Å². The molecule has 1 aliphatic heterocycles. The molecule has 3 heterocycles. The van der Waals surface area contributed by atoms with Crippen LogP contribution >= 0.6 is 0 Å². The van der Waals surface area contributed by atoms with Crippen molar-refractivity contribution in [2.24, 2.45) is 0 Å². The highest BCUT2D eigenvalue weighted by Crippen LogP contribution is 2.33.